The van der Waals surface area contributed by atoms with Crippen LogP contribution >= 0.6 is 11.6 Å². The maximum Gasteiger partial charge on any atom is 0.241 e. The highest BCUT2D eigenvalue weighted by Crippen LogP contribution is 2.27. The van der Waals surface area contributed by atoms with Crippen molar-refractivity contribution >= 4 is 28.4 Å². The van der Waals surface area contributed by atoms with Gasteiger partial charge in [0.25, 0.3) is 0 Å². The predicted molar refractivity (Wildman–Crippen MR) is 97.5 cm³/mol. The fraction of sp³-hybridized carbons (Fsp3) is 0.368. The van der Waals surface area contributed by atoms with Crippen LogP contribution < -0.4 is 10.7 Å². The topological polar surface area (TPSA) is 98.7 Å². The van der Waals surface area contributed by atoms with Crippen LogP contribution in [0.15, 0.2) is 29.2 Å². The largest absolute Gasteiger partial charge is 0.336 e. The summed E-state index contributed by atoms with van der Waals surface area (Å²) in [4.78, 5) is 24.9. The van der Waals surface area contributed by atoms with E-state index in [0.717, 1.165) is 19.3 Å². The fourth-order valence-corrected chi connectivity index (χ4v) is 3.63. The lowest BCUT2D eigenvalue weighted by Gasteiger charge is -2.31. The number of nitrogens with zero attached hydrogens (tertiary/aromatic N) is 3. The molecule has 3 rings (SSSR count). The van der Waals surface area contributed by atoms with Gasteiger partial charge in [0, 0.05) is 16.6 Å². The first-order valence-corrected chi connectivity index (χ1v) is 8.81. The first-order chi connectivity index (χ1) is 12.5. The molecule has 1 saturated carbocycles. The van der Waals surface area contributed by atoms with E-state index in [1.54, 1.807) is 16.7 Å². The Balaban J connectivity index is 1.95. The second-order valence-corrected chi connectivity index (χ2v) is 7.01. The van der Waals surface area contributed by atoms with Gasteiger partial charge in [-0.1, -0.05) is 30.9 Å². The van der Waals surface area contributed by atoms with E-state index in [1.807, 2.05) is 6.07 Å². The Labute approximate surface area is 155 Å². The Kier molecular flexibility index (Phi) is 4.97. The molecule has 0 unspecified atom stereocenters. The molecule has 1 heterocycles. The predicted octanol–water partition coefficient (Wildman–Crippen LogP) is 2.87. The molecule has 1 amide bonds. The first-order valence-electron chi connectivity index (χ1n) is 8.43. The van der Waals surface area contributed by atoms with Crippen molar-refractivity contribution in [3.8, 4) is 12.1 Å². The maximum atomic E-state index is 12.6. The van der Waals surface area contributed by atoms with Gasteiger partial charge in [0.1, 0.15) is 23.7 Å². The molecule has 0 bridgehead atoms. The van der Waals surface area contributed by atoms with Crippen LogP contribution in [-0.2, 0) is 11.3 Å². The fourth-order valence-electron chi connectivity index (χ4n) is 3.46. The summed E-state index contributed by atoms with van der Waals surface area (Å²) in [6.07, 6.45) is 5.53. The molecular weight excluding hydrogens is 352 g/mol. The van der Waals surface area contributed by atoms with Crippen LogP contribution in [0.5, 0.6) is 0 Å². The summed E-state index contributed by atoms with van der Waals surface area (Å²) in [6.45, 7) is -0.0868. The lowest BCUT2D eigenvalue weighted by Crippen LogP contribution is -2.49. The van der Waals surface area contributed by atoms with Crippen LogP contribution in [-0.4, -0.2) is 16.0 Å². The van der Waals surface area contributed by atoms with Crippen LogP contribution in [0.3, 0.4) is 0 Å². The molecule has 0 spiro atoms. The highest BCUT2D eigenvalue weighted by atomic mass is 35.5. The third-order valence-electron chi connectivity index (χ3n) is 4.78. The van der Waals surface area contributed by atoms with Crippen LogP contribution in [0.4, 0.5) is 0 Å². The number of carbonyl (C=O) groups excluding carboxylic acids is 1. The maximum absolute atomic E-state index is 12.6. The van der Waals surface area contributed by atoms with E-state index in [4.69, 9.17) is 11.6 Å². The van der Waals surface area contributed by atoms with Gasteiger partial charge in [0.15, 0.2) is 0 Å². The number of fused-ring (bicyclic) bond motifs is 1. The summed E-state index contributed by atoms with van der Waals surface area (Å²) < 4.78 is 1.55. The van der Waals surface area contributed by atoms with Crippen molar-refractivity contribution in [3.63, 3.8) is 0 Å². The summed E-state index contributed by atoms with van der Waals surface area (Å²) in [5.41, 5.74) is -0.781. The van der Waals surface area contributed by atoms with E-state index in [0.29, 0.717) is 23.4 Å². The number of rotatable bonds is 3. The molecule has 0 radical (unpaired) electrons. The lowest BCUT2D eigenvalue weighted by molar-refractivity contribution is -0.123. The third kappa shape index (κ3) is 3.42. The molecule has 1 aromatic heterocycles. The standard InChI is InChI=1S/C19H17ClN4O2/c20-14-4-5-16-15(8-14)18(26)13(9-21)10-24(16)11-17(25)23-19(12-22)6-2-1-3-7-19/h4-5,8,10H,1-3,6-7,11H2,(H,23,25). The minimum absolute atomic E-state index is 0.0553. The number of nitrogens with one attached hydrogen (secondary N) is 1. The van der Waals surface area contributed by atoms with E-state index >= 15 is 0 Å². The number of hydrogen-bond donors (Lipinski definition) is 1. The smallest absolute Gasteiger partial charge is 0.241 e. The number of halogens is 1. The van der Waals surface area contributed by atoms with Crippen molar-refractivity contribution in [1.82, 2.24) is 9.88 Å². The average molecular weight is 369 g/mol. The van der Waals surface area contributed by atoms with Gasteiger partial charge in [-0.05, 0) is 31.0 Å². The zero-order valence-corrected chi connectivity index (χ0v) is 14.8. The first kappa shape index (κ1) is 18.0. The van der Waals surface area contributed by atoms with Crippen molar-refractivity contribution in [2.75, 3.05) is 0 Å². The van der Waals surface area contributed by atoms with E-state index in [1.165, 1.54) is 12.3 Å². The van der Waals surface area contributed by atoms with Crippen molar-refractivity contribution in [3.05, 3.63) is 45.2 Å². The monoisotopic (exact) mass is 368 g/mol. The molecule has 26 heavy (non-hydrogen) atoms. The van der Waals surface area contributed by atoms with Gasteiger partial charge >= 0.3 is 0 Å². The summed E-state index contributed by atoms with van der Waals surface area (Å²) >= 11 is 5.96. The quantitative estimate of drug-likeness (QED) is 0.900. The number of benzene rings is 1. The SMILES string of the molecule is N#Cc1cn(CC(=O)NC2(C#N)CCCCC2)c2ccc(Cl)cc2c1=O. The lowest BCUT2D eigenvalue weighted by atomic mass is 9.83. The van der Waals surface area contributed by atoms with Gasteiger partial charge in [0.05, 0.1) is 11.6 Å². The molecule has 2 aromatic rings. The number of carbonyl (C=O) groups is 1. The molecule has 6 nitrogen and oxygen atoms in total. The minimum atomic E-state index is -0.828. The normalized spacial score (nSPS) is 15.8. The van der Waals surface area contributed by atoms with Gasteiger partial charge in [-0.2, -0.15) is 10.5 Å². The number of hydrogen-bond acceptors (Lipinski definition) is 4. The Morgan fingerprint density at radius 2 is 2.00 bits per heavy atom. The van der Waals surface area contributed by atoms with E-state index < -0.39 is 11.0 Å². The number of aromatic nitrogens is 1. The van der Waals surface area contributed by atoms with Crippen LogP contribution in [0.25, 0.3) is 10.9 Å². The second kappa shape index (κ2) is 7.19. The number of amides is 1. The van der Waals surface area contributed by atoms with Crippen LogP contribution in [0.2, 0.25) is 5.02 Å². The molecule has 0 atom stereocenters. The Bertz CT molecular complexity index is 1010. The summed E-state index contributed by atoms with van der Waals surface area (Å²) in [5, 5.41) is 22.2. The number of pyridine rings is 1. The highest BCUT2D eigenvalue weighted by Gasteiger charge is 2.33. The molecule has 1 aromatic carbocycles. The zero-order valence-electron chi connectivity index (χ0n) is 14.1. The van der Waals surface area contributed by atoms with Crippen LogP contribution in [0, 0.1) is 22.7 Å². The summed E-state index contributed by atoms with van der Waals surface area (Å²) in [7, 11) is 0. The zero-order chi connectivity index (χ0) is 18.7. The third-order valence-corrected chi connectivity index (χ3v) is 5.01. The van der Waals surface area contributed by atoms with Crippen LogP contribution in [0.1, 0.15) is 37.7 Å². The Hall–Kier alpha value is -2.83. The number of nitriles is 2. The summed E-state index contributed by atoms with van der Waals surface area (Å²) in [5.74, 6) is -0.322. The van der Waals surface area contributed by atoms with Gasteiger partial charge in [-0.3, -0.25) is 9.59 Å². The molecular formula is C19H17ClN4O2. The average Bonchev–Trinajstić information content (AvgIpc) is 2.64. The molecule has 1 fully saturated rings. The summed E-state index contributed by atoms with van der Waals surface area (Å²) in [6, 6.07) is 8.88. The van der Waals surface area contributed by atoms with Crippen molar-refractivity contribution in [2.45, 2.75) is 44.2 Å². The molecule has 7 heteroatoms. The molecule has 0 saturated heterocycles. The van der Waals surface area contributed by atoms with Gasteiger partial charge < -0.3 is 9.88 Å². The molecule has 0 aliphatic heterocycles. The Morgan fingerprint density at radius 1 is 1.27 bits per heavy atom. The molecule has 1 aliphatic carbocycles. The van der Waals surface area contributed by atoms with Crippen molar-refractivity contribution in [2.24, 2.45) is 0 Å². The van der Waals surface area contributed by atoms with E-state index in [2.05, 4.69) is 11.4 Å². The molecule has 1 aliphatic rings. The molecule has 132 valence electrons. The second-order valence-electron chi connectivity index (χ2n) is 6.58. The minimum Gasteiger partial charge on any atom is -0.336 e. The van der Waals surface area contributed by atoms with E-state index in [9.17, 15) is 20.1 Å². The van der Waals surface area contributed by atoms with Crippen molar-refractivity contribution in [1.29, 1.82) is 10.5 Å². The Morgan fingerprint density at radius 3 is 2.65 bits per heavy atom. The van der Waals surface area contributed by atoms with Gasteiger partial charge in [-0.25, -0.2) is 0 Å². The van der Waals surface area contributed by atoms with E-state index in [-0.39, 0.29) is 23.4 Å². The van der Waals surface area contributed by atoms with Gasteiger partial charge in [0.2, 0.25) is 11.3 Å². The highest BCUT2D eigenvalue weighted by molar-refractivity contribution is 6.31. The molecule has 1 N–H and O–H groups in total. The van der Waals surface area contributed by atoms with Crippen molar-refractivity contribution < 1.29 is 4.79 Å². The van der Waals surface area contributed by atoms with Gasteiger partial charge in [-0.15, -0.1) is 0 Å².